The van der Waals surface area contributed by atoms with Gasteiger partial charge >= 0.3 is 0 Å². The smallest absolute Gasteiger partial charge is 0.244 e. The first-order chi connectivity index (χ1) is 16.2. The Morgan fingerprint density at radius 1 is 0.943 bits per heavy atom. The molecule has 2 aromatic rings. The molecule has 2 amide bonds. The van der Waals surface area contributed by atoms with Crippen LogP contribution in [0.5, 0.6) is 0 Å². The van der Waals surface area contributed by atoms with Crippen molar-refractivity contribution in [2.45, 2.75) is 33.4 Å². The number of amides is 2. The Balaban J connectivity index is 2.43. The van der Waals surface area contributed by atoms with Crippen LogP contribution in [-0.2, 0) is 26.2 Å². The fraction of sp³-hybridized carbons (Fsp3) is 0.391. The van der Waals surface area contributed by atoms with Crippen LogP contribution in [-0.4, -0.2) is 50.5 Å². The largest absolute Gasteiger partial charge is 0.354 e. The summed E-state index contributed by atoms with van der Waals surface area (Å²) in [6, 6.07) is 8.25. The molecule has 0 saturated heterocycles. The zero-order valence-electron chi connectivity index (χ0n) is 19.7. The third-order valence-electron chi connectivity index (χ3n) is 5.04. The molecule has 0 aliphatic carbocycles. The third-order valence-corrected chi connectivity index (χ3v) is 7.47. The summed E-state index contributed by atoms with van der Waals surface area (Å²) in [6.07, 6.45) is 0.958. The maximum absolute atomic E-state index is 13.5. The van der Waals surface area contributed by atoms with E-state index in [1.807, 2.05) is 13.8 Å². The number of sulfonamides is 1. The van der Waals surface area contributed by atoms with E-state index in [9.17, 15) is 18.0 Å². The van der Waals surface area contributed by atoms with Crippen molar-refractivity contribution in [2.75, 3.05) is 23.7 Å². The first kappa shape index (κ1) is 29.5. The van der Waals surface area contributed by atoms with Gasteiger partial charge in [-0.15, -0.1) is 0 Å². The van der Waals surface area contributed by atoms with Crippen molar-refractivity contribution in [3.8, 4) is 0 Å². The molecule has 1 N–H and O–H groups in total. The average Bonchev–Trinajstić information content (AvgIpc) is 2.76. The number of hydrogen-bond donors (Lipinski definition) is 1. The van der Waals surface area contributed by atoms with Gasteiger partial charge in [0, 0.05) is 18.1 Å². The summed E-state index contributed by atoms with van der Waals surface area (Å²) in [5.41, 5.74) is 0.671. The molecule has 2 aromatic carbocycles. The van der Waals surface area contributed by atoms with Crippen molar-refractivity contribution in [1.82, 2.24) is 10.2 Å². The highest BCUT2D eigenvalue weighted by atomic mass is 35.5. The first-order valence-corrected chi connectivity index (χ1v) is 14.0. The minimum absolute atomic E-state index is 0.00708. The highest BCUT2D eigenvalue weighted by Crippen LogP contribution is 2.31. The number of benzene rings is 2. The summed E-state index contributed by atoms with van der Waals surface area (Å²) in [6.45, 7) is 5.28. The van der Waals surface area contributed by atoms with E-state index in [0.717, 1.165) is 10.6 Å². The molecule has 12 heteroatoms. The second kappa shape index (κ2) is 12.5. The number of nitrogens with one attached hydrogen (secondary N) is 1. The van der Waals surface area contributed by atoms with E-state index in [2.05, 4.69) is 5.32 Å². The molecule has 0 unspecified atom stereocenters. The fourth-order valence-electron chi connectivity index (χ4n) is 3.14. The van der Waals surface area contributed by atoms with Crippen LogP contribution in [0.25, 0.3) is 0 Å². The number of nitrogens with zero attached hydrogens (tertiary/aromatic N) is 2. The van der Waals surface area contributed by atoms with Crippen molar-refractivity contribution in [3.63, 3.8) is 0 Å². The van der Waals surface area contributed by atoms with Crippen LogP contribution in [0.3, 0.4) is 0 Å². The lowest BCUT2D eigenvalue weighted by molar-refractivity contribution is -0.139. The molecule has 2 rings (SSSR count). The van der Waals surface area contributed by atoms with Crippen LogP contribution in [0.4, 0.5) is 5.69 Å². The predicted octanol–water partition coefficient (Wildman–Crippen LogP) is 5.26. The quantitative estimate of drug-likeness (QED) is 0.414. The lowest BCUT2D eigenvalue weighted by atomic mass is 10.1. The van der Waals surface area contributed by atoms with Crippen LogP contribution in [0.1, 0.15) is 26.3 Å². The molecule has 35 heavy (non-hydrogen) atoms. The number of rotatable bonds is 10. The van der Waals surface area contributed by atoms with Gasteiger partial charge < -0.3 is 10.2 Å². The van der Waals surface area contributed by atoms with Gasteiger partial charge in [0.25, 0.3) is 0 Å². The van der Waals surface area contributed by atoms with Crippen molar-refractivity contribution >= 4 is 73.9 Å². The molecule has 0 bridgehead atoms. The summed E-state index contributed by atoms with van der Waals surface area (Å²) in [4.78, 5) is 27.6. The Morgan fingerprint density at radius 3 is 2.14 bits per heavy atom. The minimum Gasteiger partial charge on any atom is -0.354 e. The maximum Gasteiger partial charge on any atom is 0.244 e. The van der Waals surface area contributed by atoms with E-state index in [4.69, 9.17) is 46.4 Å². The van der Waals surface area contributed by atoms with E-state index in [-0.39, 0.29) is 39.1 Å². The van der Waals surface area contributed by atoms with Crippen LogP contribution in [0.15, 0.2) is 36.4 Å². The summed E-state index contributed by atoms with van der Waals surface area (Å²) in [5, 5.41) is 3.79. The summed E-state index contributed by atoms with van der Waals surface area (Å²) < 4.78 is 26.1. The Kier molecular flexibility index (Phi) is 10.5. The zero-order chi connectivity index (χ0) is 26.5. The SMILES string of the molecule is CC(C)CNC(=O)[C@@H](C)N(Cc1ccc(Cl)c(Cl)c1)C(=O)CN(c1cc(Cl)ccc1Cl)S(C)(=O)=O. The van der Waals surface area contributed by atoms with Gasteiger partial charge in [-0.3, -0.25) is 13.9 Å². The van der Waals surface area contributed by atoms with Gasteiger partial charge in [-0.25, -0.2) is 8.42 Å². The van der Waals surface area contributed by atoms with Crippen molar-refractivity contribution in [1.29, 1.82) is 0 Å². The van der Waals surface area contributed by atoms with E-state index < -0.39 is 28.5 Å². The molecule has 0 heterocycles. The van der Waals surface area contributed by atoms with E-state index in [1.54, 1.807) is 25.1 Å². The van der Waals surface area contributed by atoms with Crippen molar-refractivity contribution in [3.05, 3.63) is 62.1 Å². The molecule has 0 fully saturated rings. The zero-order valence-corrected chi connectivity index (χ0v) is 23.5. The highest BCUT2D eigenvalue weighted by molar-refractivity contribution is 7.92. The van der Waals surface area contributed by atoms with Gasteiger partial charge in [0.15, 0.2) is 0 Å². The normalized spacial score (nSPS) is 12.4. The van der Waals surface area contributed by atoms with Crippen molar-refractivity contribution < 1.29 is 18.0 Å². The highest BCUT2D eigenvalue weighted by Gasteiger charge is 2.31. The van der Waals surface area contributed by atoms with E-state index >= 15 is 0 Å². The number of halogens is 4. The van der Waals surface area contributed by atoms with Crippen LogP contribution in [0, 0.1) is 5.92 Å². The molecule has 0 aliphatic rings. The molecule has 0 radical (unpaired) electrons. The predicted molar refractivity (Wildman–Crippen MR) is 143 cm³/mol. The second-order valence-corrected chi connectivity index (χ2v) is 12.0. The average molecular weight is 583 g/mol. The first-order valence-electron chi connectivity index (χ1n) is 10.6. The maximum atomic E-state index is 13.5. The van der Waals surface area contributed by atoms with Crippen LogP contribution in [0.2, 0.25) is 20.1 Å². The van der Waals surface area contributed by atoms with E-state index in [0.29, 0.717) is 17.1 Å². The van der Waals surface area contributed by atoms with Gasteiger partial charge in [-0.05, 0) is 48.7 Å². The molecular formula is C23H27Cl4N3O4S. The van der Waals surface area contributed by atoms with Gasteiger partial charge in [0.05, 0.1) is 27.0 Å². The van der Waals surface area contributed by atoms with Gasteiger partial charge in [-0.1, -0.05) is 66.3 Å². The molecule has 7 nitrogen and oxygen atoms in total. The van der Waals surface area contributed by atoms with Crippen molar-refractivity contribution in [2.24, 2.45) is 5.92 Å². The molecule has 192 valence electrons. The summed E-state index contributed by atoms with van der Waals surface area (Å²) in [5.74, 6) is -0.792. The van der Waals surface area contributed by atoms with Gasteiger partial charge in [-0.2, -0.15) is 0 Å². The number of anilines is 1. The lowest BCUT2D eigenvalue weighted by Gasteiger charge is -2.32. The number of hydrogen-bond acceptors (Lipinski definition) is 4. The number of carbonyl (C=O) groups is 2. The molecule has 0 saturated carbocycles. The molecule has 0 aromatic heterocycles. The van der Waals surface area contributed by atoms with Crippen LogP contribution >= 0.6 is 46.4 Å². The fourth-order valence-corrected chi connectivity index (χ4v) is 4.75. The Labute approximate surface area is 226 Å². The second-order valence-electron chi connectivity index (χ2n) is 8.45. The summed E-state index contributed by atoms with van der Waals surface area (Å²) in [7, 11) is -3.93. The molecule has 0 aliphatic heterocycles. The lowest BCUT2D eigenvalue weighted by Crippen LogP contribution is -2.51. The Hall–Kier alpha value is -1.71. The third kappa shape index (κ3) is 8.43. The standard InChI is InChI=1S/C23H27Cl4N3O4S/c1-14(2)11-28-23(32)15(3)29(12-16-5-7-18(25)20(27)9-16)22(31)13-30(35(4,33)34)21-10-17(24)6-8-19(21)26/h5-10,14-15H,11-13H2,1-4H3,(H,28,32)/t15-/m1/s1. The summed E-state index contributed by atoms with van der Waals surface area (Å²) >= 11 is 24.4. The van der Waals surface area contributed by atoms with Gasteiger partial charge in [0.1, 0.15) is 12.6 Å². The molecule has 0 spiro atoms. The Morgan fingerprint density at radius 2 is 1.57 bits per heavy atom. The topological polar surface area (TPSA) is 86.8 Å². The van der Waals surface area contributed by atoms with Gasteiger partial charge in [0.2, 0.25) is 21.8 Å². The molecular weight excluding hydrogens is 556 g/mol. The monoisotopic (exact) mass is 581 g/mol. The Bertz CT molecular complexity index is 1190. The number of carbonyl (C=O) groups excluding carboxylic acids is 2. The molecule has 1 atom stereocenters. The van der Waals surface area contributed by atoms with E-state index in [1.165, 1.54) is 23.1 Å². The minimum atomic E-state index is -3.93. The van der Waals surface area contributed by atoms with Crippen LogP contribution < -0.4 is 9.62 Å².